The fraction of sp³-hybridized carbons (Fsp3) is 0.917. The van der Waals surface area contributed by atoms with Crippen LogP contribution in [0.1, 0.15) is 61.3 Å². The molecule has 0 atom stereocenters. The molecule has 0 aromatic heterocycles. The number of hydrogen-bond acceptors (Lipinski definition) is 2. The van der Waals surface area contributed by atoms with E-state index in [9.17, 15) is 4.79 Å². The summed E-state index contributed by atoms with van der Waals surface area (Å²) in [5.74, 6) is 0. The number of amides is 1. The van der Waals surface area contributed by atoms with Gasteiger partial charge in [0, 0.05) is 6.04 Å². The van der Waals surface area contributed by atoms with E-state index in [0.717, 1.165) is 12.8 Å². The molecule has 0 unspecified atom stereocenters. The third-order valence-electron chi connectivity index (χ3n) is 1.71. The van der Waals surface area contributed by atoms with Gasteiger partial charge in [-0.3, -0.25) is 0 Å². The molecule has 0 aliphatic heterocycles. The molecule has 92 valence electrons. The Labute approximate surface area is 94.6 Å². The standard InChI is InChI=1S/C10H21NO2.C2H6/c1-6-8(7-2)11-9(12)13-10(3,4)5;1-2/h8H,6-7H2,1-5H3,(H,11,12);1-2H3. The molecule has 15 heavy (non-hydrogen) atoms. The van der Waals surface area contributed by atoms with Gasteiger partial charge in [-0.15, -0.1) is 0 Å². The van der Waals surface area contributed by atoms with Gasteiger partial charge in [-0.25, -0.2) is 4.79 Å². The van der Waals surface area contributed by atoms with Crippen molar-refractivity contribution in [3.63, 3.8) is 0 Å². The van der Waals surface area contributed by atoms with Gasteiger partial charge in [-0.1, -0.05) is 27.7 Å². The molecule has 1 N–H and O–H groups in total. The zero-order valence-electron chi connectivity index (χ0n) is 11.3. The van der Waals surface area contributed by atoms with Crippen molar-refractivity contribution in [1.82, 2.24) is 5.32 Å². The molecule has 0 spiro atoms. The maximum Gasteiger partial charge on any atom is 0.407 e. The Morgan fingerprint density at radius 3 is 1.87 bits per heavy atom. The molecule has 1 amide bonds. The average Bonchev–Trinajstić information content (AvgIpc) is 2.14. The molecule has 0 radical (unpaired) electrons. The van der Waals surface area contributed by atoms with Crippen molar-refractivity contribution in [3.8, 4) is 0 Å². The molecule has 3 nitrogen and oxygen atoms in total. The molecule has 0 heterocycles. The van der Waals surface area contributed by atoms with Crippen LogP contribution in [0.4, 0.5) is 4.79 Å². The highest BCUT2D eigenvalue weighted by Crippen LogP contribution is 2.07. The maximum absolute atomic E-state index is 11.3. The lowest BCUT2D eigenvalue weighted by molar-refractivity contribution is 0.0501. The van der Waals surface area contributed by atoms with Gasteiger partial charge < -0.3 is 10.1 Å². The lowest BCUT2D eigenvalue weighted by Gasteiger charge is -2.22. The molecule has 0 aromatic carbocycles. The van der Waals surface area contributed by atoms with Gasteiger partial charge >= 0.3 is 6.09 Å². The number of hydrogen-bond donors (Lipinski definition) is 1. The number of alkyl carbamates (subject to hydrolysis) is 1. The highest BCUT2D eigenvalue weighted by atomic mass is 16.6. The van der Waals surface area contributed by atoms with Crippen LogP contribution in [0, 0.1) is 0 Å². The van der Waals surface area contributed by atoms with Crippen LogP contribution in [0.3, 0.4) is 0 Å². The first kappa shape index (κ1) is 16.7. The Kier molecular flexibility index (Phi) is 9.53. The lowest BCUT2D eigenvalue weighted by Crippen LogP contribution is -2.38. The van der Waals surface area contributed by atoms with Crippen LogP contribution >= 0.6 is 0 Å². The monoisotopic (exact) mass is 217 g/mol. The van der Waals surface area contributed by atoms with Crippen molar-refractivity contribution >= 4 is 6.09 Å². The topological polar surface area (TPSA) is 38.3 Å². The Morgan fingerprint density at radius 2 is 1.60 bits per heavy atom. The Hall–Kier alpha value is -0.730. The van der Waals surface area contributed by atoms with Gasteiger partial charge in [0.05, 0.1) is 0 Å². The van der Waals surface area contributed by atoms with E-state index in [0.29, 0.717) is 0 Å². The van der Waals surface area contributed by atoms with Crippen LogP contribution in [0.5, 0.6) is 0 Å². The SMILES string of the molecule is CC.CCC(CC)NC(=O)OC(C)(C)C. The fourth-order valence-electron chi connectivity index (χ4n) is 0.967. The second kappa shape index (κ2) is 8.57. The third-order valence-corrected chi connectivity index (χ3v) is 1.71. The molecule has 0 aliphatic rings. The second-order valence-corrected chi connectivity index (χ2v) is 4.16. The summed E-state index contributed by atoms with van der Waals surface area (Å²) in [6, 6.07) is 0.231. The first-order valence-corrected chi connectivity index (χ1v) is 5.88. The molecule has 0 saturated carbocycles. The molecular formula is C12H27NO2. The van der Waals surface area contributed by atoms with E-state index in [2.05, 4.69) is 5.32 Å². The minimum absolute atomic E-state index is 0.231. The van der Waals surface area contributed by atoms with E-state index in [4.69, 9.17) is 4.74 Å². The van der Waals surface area contributed by atoms with Crippen molar-refractivity contribution in [1.29, 1.82) is 0 Å². The minimum atomic E-state index is -0.407. The molecule has 0 bridgehead atoms. The molecule has 0 aromatic rings. The lowest BCUT2D eigenvalue weighted by atomic mass is 10.2. The van der Waals surface area contributed by atoms with Crippen molar-refractivity contribution in [2.75, 3.05) is 0 Å². The van der Waals surface area contributed by atoms with Gasteiger partial charge in [0.15, 0.2) is 0 Å². The molecule has 0 rings (SSSR count). The maximum atomic E-state index is 11.3. The normalized spacial score (nSPS) is 10.4. The summed E-state index contributed by atoms with van der Waals surface area (Å²) in [5, 5.41) is 2.81. The van der Waals surface area contributed by atoms with Crippen LogP contribution in [-0.4, -0.2) is 17.7 Å². The van der Waals surface area contributed by atoms with Gasteiger partial charge in [-0.05, 0) is 33.6 Å². The van der Waals surface area contributed by atoms with E-state index in [-0.39, 0.29) is 12.1 Å². The second-order valence-electron chi connectivity index (χ2n) is 4.16. The Bertz CT molecular complexity index is 157. The van der Waals surface area contributed by atoms with Crippen LogP contribution in [0.25, 0.3) is 0 Å². The Balaban J connectivity index is 0. The summed E-state index contributed by atoms with van der Waals surface area (Å²) in [6.07, 6.45) is 1.56. The van der Waals surface area contributed by atoms with Crippen LogP contribution in [0.2, 0.25) is 0 Å². The summed E-state index contributed by atoms with van der Waals surface area (Å²) in [7, 11) is 0. The predicted molar refractivity (Wildman–Crippen MR) is 65.1 cm³/mol. The van der Waals surface area contributed by atoms with Crippen molar-refractivity contribution in [3.05, 3.63) is 0 Å². The highest BCUT2D eigenvalue weighted by molar-refractivity contribution is 5.68. The predicted octanol–water partition coefficient (Wildman–Crippen LogP) is 3.73. The quantitative estimate of drug-likeness (QED) is 0.782. The number of nitrogens with one attached hydrogen (secondary N) is 1. The first-order valence-electron chi connectivity index (χ1n) is 5.88. The molecule has 0 saturated heterocycles. The van der Waals surface area contributed by atoms with Crippen molar-refractivity contribution in [2.45, 2.75) is 73.0 Å². The van der Waals surface area contributed by atoms with Gasteiger partial charge in [0.25, 0.3) is 0 Å². The fourth-order valence-corrected chi connectivity index (χ4v) is 0.967. The molecule has 0 aliphatic carbocycles. The smallest absolute Gasteiger partial charge is 0.407 e. The van der Waals surface area contributed by atoms with Crippen molar-refractivity contribution in [2.24, 2.45) is 0 Å². The summed E-state index contributed by atoms with van der Waals surface area (Å²) >= 11 is 0. The van der Waals surface area contributed by atoms with Gasteiger partial charge in [-0.2, -0.15) is 0 Å². The van der Waals surface area contributed by atoms with E-state index in [1.165, 1.54) is 0 Å². The van der Waals surface area contributed by atoms with Crippen LogP contribution in [-0.2, 0) is 4.74 Å². The van der Waals surface area contributed by atoms with Crippen LogP contribution in [0.15, 0.2) is 0 Å². The van der Waals surface area contributed by atoms with E-state index < -0.39 is 5.60 Å². The highest BCUT2D eigenvalue weighted by Gasteiger charge is 2.17. The number of carbonyl (C=O) groups is 1. The van der Waals surface area contributed by atoms with Gasteiger partial charge in [0.1, 0.15) is 5.60 Å². The average molecular weight is 217 g/mol. The zero-order valence-corrected chi connectivity index (χ0v) is 11.3. The Morgan fingerprint density at radius 1 is 1.20 bits per heavy atom. The van der Waals surface area contributed by atoms with E-state index >= 15 is 0 Å². The zero-order chi connectivity index (χ0) is 12.5. The third kappa shape index (κ3) is 11.2. The summed E-state index contributed by atoms with van der Waals surface area (Å²) in [6.45, 7) is 13.7. The van der Waals surface area contributed by atoms with Crippen molar-refractivity contribution < 1.29 is 9.53 Å². The summed E-state index contributed by atoms with van der Waals surface area (Å²) in [4.78, 5) is 11.3. The summed E-state index contributed by atoms with van der Waals surface area (Å²) in [5.41, 5.74) is -0.407. The first-order chi connectivity index (χ1) is 6.89. The number of rotatable bonds is 3. The largest absolute Gasteiger partial charge is 0.444 e. The molecule has 0 fully saturated rings. The minimum Gasteiger partial charge on any atom is -0.444 e. The molecule has 3 heteroatoms. The van der Waals surface area contributed by atoms with Crippen LogP contribution < -0.4 is 5.32 Å². The molecular weight excluding hydrogens is 190 g/mol. The van der Waals surface area contributed by atoms with E-state index in [1.807, 2.05) is 48.5 Å². The number of carbonyl (C=O) groups excluding carboxylic acids is 1. The van der Waals surface area contributed by atoms with Gasteiger partial charge in [0.2, 0.25) is 0 Å². The van der Waals surface area contributed by atoms with E-state index in [1.54, 1.807) is 0 Å². The number of ether oxygens (including phenoxy) is 1. The summed E-state index contributed by atoms with van der Waals surface area (Å²) < 4.78 is 5.12.